The van der Waals surface area contributed by atoms with Crippen LogP contribution in [-0.4, -0.2) is 50.0 Å². The van der Waals surface area contributed by atoms with E-state index in [1.54, 1.807) is 33.4 Å². The van der Waals surface area contributed by atoms with E-state index in [1.165, 1.54) is 12.0 Å². The molecule has 0 radical (unpaired) electrons. The zero-order valence-corrected chi connectivity index (χ0v) is 13.1. The highest BCUT2D eigenvalue weighted by Gasteiger charge is 2.27. The van der Waals surface area contributed by atoms with E-state index < -0.39 is 0 Å². The van der Waals surface area contributed by atoms with E-state index in [9.17, 15) is 4.79 Å². The van der Waals surface area contributed by atoms with Crippen LogP contribution in [0.25, 0.3) is 0 Å². The lowest BCUT2D eigenvalue weighted by Gasteiger charge is -2.14. The molecule has 0 unspecified atom stereocenters. The van der Waals surface area contributed by atoms with Crippen molar-refractivity contribution < 1.29 is 19.0 Å². The summed E-state index contributed by atoms with van der Waals surface area (Å²) in [6.45, 7) is 0. The van der Waals surface area contributed by atoms with Crippen molar-refractivity contribution in [1.82, 2.24) is 4.90 Å². The van der Waals surface area contributed by atoms with Gasteiger partial charge in [0.25, 0.3) is 5.91 Å². The molecule has 1 aromatic carbocycles. The van der Waals surface area contributed by atoms with Gasteiger partial charge in [-0.05, 0) is 29.9 Å². The lowest BCUT2D eigenvalue weighted by molar-refractivity contribution is -0.119. The van der Waals surface area contributed by atoms with Crippen molar-refractivity contribution in [2.45, 2.75) is 6.42 Å². The van der Waals surface area contributed by atoms with Gasteiger partial charge in [0.2, 0.25) is 10.9 Å². The van der Waals surface area contributed by atoms with Crippen LogP contribution in [0.4, 0.5) is 0 Å². The minimum Gasteiger partial charge on any atom is -0.493 e. The number of amides is 1. The number of benzene rings is 1. The van der Waals surface area contributed by atoms with Crippen LogP contribution in [-0.2, 0) is 11.2 Å². The van der Waals surface area contributed by atoms with Crippen molar-refractivity contribution in [2.75, 3.05) is 28.4 Å². The van der Waals surface area contributed by atoms with E-state index in [0.717, 1.165) is 5.56 Å². The Labute approximate surface area is 128 Å². The van der Waals surface area contributed by atoms with Gasteiger partial charge in [0.15, 0.2) is 11.5 Å². The molecule has 0 aliphatic carbocycles. The van der Waals surface area contributed by atoms with Gasteiger partial charge in [-0.3, -0.25) is 9.69 Å². The molecule has 0 spiro atoms. The van der Waals surface area contributed by atoms with Crippen LogP contribution >= 0.6 is 12.2 Å². The molecule has 1 aliphatic heterocycles. The minimum atomic E-state index is -0.186. The number of methoxy groups -OCH3 is 3. The number of thiocarbonyl (C=S) groups is 1. The Kier molecular flexibility index (Phi) is 4.42. The van der Waals surface area contributed by atoms with Crippen molar-refractivity contribution in [3.05, 3.63) is 17.7 Å². The molecule has 0 aromatic heterocycles. The van der Waals surface area contributed by atoms with Gasteiger partial charge in [-0.2, -0.15) is 0 Å². The second kappa shape index (κ2) is 6.09. The van der Waals surface area contributed by atoms with E-state index >= 15 is 0 Å². The smallest absolute Gasteiger partial charge is 0.274 e. The van der Waals surface area contributed by atoms with Crippen LogP contribution in [0.15, 0.2) is 17.1 Å². The van der Waals surface area contributed by atoms with Crippen LogP contribution in [0.3, 0.4) is 0 Å². The first-order valence-corrected chi connectivity index (χ1v) is 6.61. The number of hydrogen-bond acceptors (Lipinski definition) is 5. The van der Waals surface area contributed by atoms with Gasteiger partial charge in [-0.15, -0.1) is 0 Å². The molecule has 0 N–H and O–H groups in total. The van der Waals surface area contributed by atoms with Crippen molar-refractivity contribution >= 4 is 28.9 Å². The summed E-state index contributed by atoms with van der Waals surface area (Å²) in [4.78, 5) is 17.4. The van der Waals surface area contributed by atoms with Crippen LogP contribution in [0, 0.1) is 0 Å². The summed E-state index contributed by atoms with van der Waals surface area (Å²) in [5.41, 5.74) is 1.23. The largest absolute Gasteiger partial charge is 0.493 e. The molecule has 1 aromatic rings. The maximum absolute atomic E-state index is 12.0. The van der Waals surface area contributed by atoms with Crippen molar-refractivity contribution in [2.24, 2.45) is 4.99 Å². The molecule has 1 amide bonds. The van der Waals surface area contributed by atoms with Gasteiger partial charge in [0.05, 0.1) is 21.3 Å². The maximum Gasteiger partial charge on any atom is 0.274 e. The van der Waals surface area contributed by atoms with Gasteiger partial charge in [0.1, 0.15) is 5.71 Å². The van der Waals surface area contributed by atoms with Gasteiger partial charge in [0, 0.05) is 13.5 Å². The first-order chi connectivity index (χ1) is 10.0. The topological polar surface area (TPSA) is 60.4 Å². The molecule has 1 aliphatic rings. The Balaban J connectivity index is 2.35. The third kappa shape index (κ3) is 2.82. The normalized spacial score (nSPS) is 14.3. The van der Waals surface area contributed by atoms with Gasteiger partial charge >= 0.3 is 0 Å². The number of aliphatic imine (C=N–C) groups is 1. The van der Waals surface area contributed by atoms with Crippen molar-refractivity contribution in [3.63, 3.8) is 0 Å². The van der Waals surface area contributed by atoms with E-state index in [-0.39, 0.29) is 11.0 Å². The third-order valence-corrected chi connectivity index (χ3v) is 3.53. The highest BCUT2D eigenvalue weighted by atomic mass is 32.1. The summed E-state index contributed by atoms with van der Waals surface area (Å²) >= 11 is 5.00. The predicted octanol–water partition coefficient (Wildman–Crippen LogP) is 1.45. The first kappa shape index (κ1) is 15.2. The van der Waals surface area contributed by atoms with Gasteiger partial charge < -0.3 is 14.2 Å². The SMILES string of the molecule is COc1cc(CC2=NC(=S)N(C)C2=O)cc(OC)c1OC. The highest BCUT2D eigenvalue weighted by Crippen LogP contribution is 2.38. The molecule has 2 rings (SSSR count). The van der Waals surface area contributed by atoms with Crippen molar-refractivity contribution in [3.8, 4) is 17.2 Å². The van der Waals surface area contributed by atoms with Crippen molar-refractivity contribution in [1.29, 1.82) is 0 Å². The van der Waals surface area contributed by atoms with E-state index in [0.29, 0.717) is 29.4 Å². The fourth-order valence-electron chi connectivity index (χ4n) is 2.06. The molecule has 6 nitrogen and oxygen atoms in total. The molecule has 0 saturated heterocycles. The lowest BCUT2D eigenvalue weighted by atomic mass is 10.1. The molecule has 0 bridgehead atoms. The number of nitrogens with zero attached hydrogens (tertiary/aromatic N) is 2. The monoisotopic (exact) mass is 308 g/mol. The summed E-state index contributed by atoms with van der Waals surface area (Å²) in [5.74, 6) is 1.40. The van der Waals surface area contributed by atoms with E-state index in [4.69, 9.17) is 26.4 Å². The summed E-state index contributed by atoms with van der Waals surface area (Å²) in [6, 6.07) is 3.58. The molecular weight excluding hydrogens is 292 g/mol. The van der Waals surface area contributed by atoms with E-state index in [1.807, 2.05) is 0 Å². The number of hydrogen-bond donors (Lipinski definition) is 0. The van der Waals surface area contributed by atoms with Gasteiger partial charge in [-0.1, -0.05) is 0 Å². The average molecular weight is 308 g/mol. The zero-order chi connectivity index (χ0) is 15.6. The molecular formula is C14H16N2O4S. The molecule has 0 saturated carbocycles. The third-order valence-electron chi connectivity index (χ3n) is 3.17. The zero-order valence-electron chi connectivity index (χ0n) is 12.3. The van der Waals surface area contributed by atoms with E-state index in [2.05, 4.69) is 4.99 Å². The number of carbonyl (C=O) groups is 1. The van der Waals surface area contributed by atoms with Crippen LogP contribution < -0.4 is 14.2 Å². The quantitative estimate of drug-likeness (QED) is 0.771. The fourth-order valence-corrected chi connectivity index (χ4v) is 2.26. The highest BCUT2D eigenvalue weighted by molar-refractivity contribution is 7.80. The molecule has 0 fully saturated rings. The summed E-state index contributed by atoms with van der Waals surface area (Å²) in [6.07, 6.45) is 0.347. The standard InChI is InChI=1S/C14H16N2O4S/c1-16-13(17)9(15-14(16)21)5-8-6-10(18-2)12(20-4)11(7-8)19-3/h6-7H,5H2,1-4H3. The Morgan fingerprint density at radius 2 is 1.71 bits per heavy atom. The summed E-state index contributed by atoms with van der Waals surface area (Å²) < 4.78 is 15.8. The Morgan fingerprint density at radius 1 is 1.14 bits per heavy atom. The number of ether oxygens (including phenoxy) is 3. The molecule has 21 heavy (non-hydrogen) atoms. The lowest BCUT2D eigenvalue weighted by Crippen LogP contribution is -2.29. The predicted molar refractivity (Wildman–Crippen MR) is 82.6 cm³/mol. The first-order valence-electron chi connectivity index (χ1n) is 6.20. The van der Waals surface area contributed by atoms with Crippen LogP contribution in [0.5, 0.6) is 17.2 Å². The molecule has 1 heterocycles. The molecule has 0 atom stereocenters. The second-order valence-corrected chi connectivity index (χ2v) is 4.78. The minimum absolute atomic E-state index is 0.186. The average Bonchev–Trinajstić information content (AvgIpc) is 2.73. The van der Waals surface area contributed by atoms with Crippen LogP contribution in [0.1, 0.15) is 5.56 Å². The Hall–Kier alpha value is -2.15. The number of rotatable bonds is 5. The Morgan fingerprint density at radius 3 is 2.10 bits per heavy atom. The number of carbonyl (C=O) groups excluding carboxylic acids is 1. The summed E-state index contributed by atoms with van der Waals surface area (Å²) in [7, 11) is 6.23. The van der Waals surface area contributed by atoms with Crippen LogP contribution in [0.2, 0.25) is 0 Å². The second-order valence-electron chi connectivity index (χ2n) is 4.42. The molecule has 112 valence electrons. The molecule has 7 heteroatoms. The Bertz CT molecular complexity index is 602. The van der Waals surface area contributed by atoms with Gasteiger partial charge in [-0.25, -0.2) is 4.99 Å². The maximum atomic E-state index is 12.0. The summed E-state index contributed by atoms with van der Waals surface area (Å²) in [5, 5.41) is 0.280. The fraction of sp³-hybridized carbons (Fsp3) is 0.357.